The Morgan fingerprint density at radius 2 is 1.49 bits per heavy atom. The molecule has 0 aliphatic heterocycles. The summed E-state index contributed by atoms with van der Waals surface area (Å²) in [5.41, 5.74) is 0.501. The lowest BCUT2D eigenvalue weighted by Crippen LogP contribution is -2.45. The first-order valence-electron chi connectivity index (χ1n) is 11.0. The fourth-order valence-corrected chi connectivity index (χ4v) is 5.26. The molecular formula is C25H22Cl3N3O4. The third-order valence-electron chi connectivity index (χ3n) is 6.05. The summed E-state index contributed by atoms with van der Waals surface area (Å²) in [7, 11) is 0. The van der Waals surface area contributed by atoms with E-state index in [1.807, 2.05) is 24.3 Å². The minimum Gasteiger partial charge on any atom is -0.480 e. The van der Waals surface area contributed by atoms with E-state index in [4.69, 9.17) is 34.8 Å². The van der Waals surface area contributed by atoms with Gasteiger partial charge >= 0.3 is 12.0 Å². The third kappa shape index (κ3) is 5.81. The molecule has 35 heavy (non-hydrogen) atoms. The van der Waals surface area contributed by atoms with Crippen LogP contribution in [0, 0.1) is 5.92 Å². The fourth-order valence-electron chi connectivity index (χ4n) is 4.35. The van der Waals surface area contributed by atoms with Crippen molar-refractivity contribution in [2.24, 2.45) is 5.92 Å². The van der Waals surface area contributed by atoms with Gasteiger partial charge in [-0.1, -0.05) is 71.9 Å². The molecule has 182 valence electrons. The highest BCUT2D eigenvalue weighted by molar-refractivity contribution is 6.42. The molecule has 0 aromatic heterocycles. The molecule has 4 rings (SSSR count). The van der Waals surface area contributed by atoms with E-state index in [-0.39, 0.29) is 32.9 Å². The number of halogens is 3. The Morgan fingerprint density at radius 3 is 2.09 bits per heavy atom. The van der Waals surface area contributed by atoms with Crippen LogP contribution in [-0.4, -0.2) is 29.1 Å². The number of anilines is 2. The molecule has 0 heterocycles. The zero-order valence-electron chi connectivity index (χ0n) is 18.4. The number of carbonyl (C=O) groups excluding carboxylic acids is 2. The quantitative estimate of drug-likeness (QED) is 0.278. The molecule has 3 aromatic carbocycles. The van der Waals surface area contributed by atoms with Gasteiger partial charge in [0.25, 0.3) is 5.91 Å². The summed E-state index contributed by atoms with van der Waals surface area (Å²) in [5.74, 6) is -1.80. The average Bonchev–Trinajstić information content (AvgIpc) is 3.33. The highest BCUT2D eigenvalue weighted by Gasteiger charge is 2.32. The first-order valence-corrected chi connectivity index (χ1v) is 12.2. The predicted molar refractivity (Wildman–Crippen MR) is 139 cm³/mol. The van der Waals surface area contributed by atoms with E-state index in [2.05, 4.69) is 16.0 Å². The Morgan fingerprint density at radius 1 is 0.886 bits per heavy atom. The zero-order valence-corrected chi connectivity index (χ0v) is 20.7. The Kier molecular flexibility index (Phi) is 7.69. The Balaban J connectivity index is 1.63. The van der Waals surface area contributed by atoms with Crippen LogP contribution in [0.1, 0.15) is 36.0 Å². The van der Waals surface area contributed by atoms with Crippen molar-refractivity contribution in [3.63, 3.8) is 0 Å². The number of carbonyl (C=O) groups is 3. The predicted octanol–water partition coefficient (Wildman–Crippen LogP) is 6.82. The molecule has 4 N–H and O–H groups in total. The molecule has 0 bridgehead atoms. The molecule has 3 amide bonds. The minimum absolute atomic E-state index is 0.134. The van der Waals surface area contributed by atoms with Crippen molar-refractivity contribution in [2.45, 2.75) is 31.7 Å². The number of carboxylic acids is 1. The van der Waals surface area contributed by atoms with E-state index in [1.165, 1.54) is 12.1 Å². The largest absolute Gasteiger partial charge is 0.480 e. The van der Waals surface area contributed by atoms with Crippen molar-refractivity contribution in [3.05, 3.63) is 69.2 Å². The molecule has 0 radical (unpaired) electrons. The van der Waals surface area contributed by atoms with Gasteiger partial charge in [0.2, 0.25) is 0 Å². The molecule has 10 heteroatoms. The fraction of sp³-hybridized carbons (Fsp3) is 0.240. The number of aliphatic carboxylic acids is 1. The van der Waals surface area contributed by atoms with E-state index in [1.54, 1.807) is 12.1 Å². The number of urea groups is 1. The number of carboxylic acid groups (broad SMARTS) is 1. The monoisotopic (exact) mass is 533 g/mol. The zero-order chi connectivity index (χ0) is 25.1. The van der Waals surface area contributed by atoms with Gasteiger partial charge in [0.1, 0.15) is 6.04 Å². The molecule has 1 saturated carbocycles. The highest BCUT2D eigenvalue weighted by atomic mass is 35.5. The number of rotatable bonds is 6. The lowest BCUT2D eigenvalue weighted by Gasteiger charge is -2.22. The summed E-state index contributed by atoms with van der Waals surface area (Å²) in [6.45, 7) is 0. The van der Waals surface area contributed by atoms with Crippen molar-refractivity contribution in [2.75, 3.05) is 10.6 Å². The van der Waals surface area contributed by atoms with Crippen molar-refractivity contribution in [3.8, 4) is 0 Å². The van der Waals surface area contributed by atoms with Crippen LogP contribution in [-0.2, 0) is 4.79 Å². The second kappa shape index (κ2) is 10.7. The molecule has 1 fully saturated rings. The van der Waals surface area contributed by atoms with Crippen molar-refractivity contribution >= 4 is 74.9 Å². The number of hydrogen-bond donors (Lipinski definition) is 4. The topological polar surface area (TPSA) is 108 Å². The molecule has 0 spiro atoms. The summed E-state index contributed by atoms with van der Waals surface area (Å²) >= 11 is 18.2. The Labute approximate surface area is 216 Å². The van der Waals surface area contributed by atoms with E-state index < -0.39 is 23.9 Å². The van der Waals surface area contributed by atoms with E-state index in [0.717, 1.165) is 36.5 Å². The Hall–Kier alpha value is -3.00. The van der Waals surface area contributed by atoms with Gasteiger partial charge in [-0.25, -0.2) is 9.59 Å². The summed E-state index contributed by atoms with van der Waals surface area (Å²) in [5, 5.41) is 19.8. The molecule has 7 nitrogen and oxygen atoms in total. The van der Waals surface area contributed by atoms with Crippen LogP contribution in [0.3, 0.4) is 0 Å². The van der Waals surface area contributed by atoms with Gasteiger partial charge < -0.3 is 21.1 Å². The van der Waals surface area contributed by atoms with Crippen LogP contribution in [0.5, 0.6) is 0 Å². The SMILES string of the molecule is O=C(Nc1cc2ccccc2cc1C(=O)N[C@H](C(=O)O)C1CCCC1)Nc1c(Cl)cc(Cl)cc1Cl. The third-order valence-corrected chi connectivity index (χ3v) is 6.86. The van der Waals surface area contributed by atoms with Gasteiger partial charge in [-0.05, 0) is 53.8 Å². The molecule has 1 aliphatic rings. The molecular weight excluding hydrogens is 513 g/mol. The number of nitrogens with one attached hydrogen (secondary N) is 3. The average molecular weight is 535 g/mol. The van der Waals surface area contributed by atoms with Gasteiger partial charge in [-0.15, -0.1) is 0 Å². The van der Waals surface area contributed by atoms with Gasteiger partial charge in [-0.2, -0.15) is 0 Å². The van der Waals surface area contributed by atoms with Crippen molar-refractivity contribution in [1.29, 1.82) is 0 Å². The van der Waals surface area contributed by atoms with Gasteiger partial charge in [0.05, 0.1) is 27.0 Å². The van der Waals surface area contributed by atoms with E-state index in [0.29, 0.717) is 5.02 Å². The molecule has 3 aromatic rings. The van der Waals surface area contributed by atoms with E-state index >= 15 is 0 Å². The van der Waals surface area contributed by atoms with Crippen LogP contribution in [0.2, 0.25) is 15.1 Å². The lowest BCUT2D eigenvalue weighted by molar-refractivity contribution is -0.140. The number of benzene rings is 3. The van der Waals surface area contributed by atoms with Crippen LogP contribution in [0.4, 0.5) is 16.2 Å². The van der Waals surface area contributed by atoms with Crippen molar-refractivity contribution < 1.29 is 19.5 Å². The summed E-state index contributed by atoms with van der Waals surface area (Å²) in [6.07, 6.45) is 3.35. The van der Waals surface area contributed by atoms with Crippen LogP contribution in [0.25, 0.3) is 10.8 Å². The van der Waals surface area contributed by atoms with Crippen LogP contribution >= 0.6 is 34.8 Å². The second-order valence-corrected chi connectivity index (χ2v) is 9.65. The Bertz CT molecular complexity index is 1290. The lowest BCUT2D eigenvalue weighted by atomic mass is 9.97. The maximum atomic E-state index is 13.3. The highest BCUT2D eigenvalue weighted by Crippen LogP contribution is 2.34. The van der Waals surface area contributed by atoms with Crippen LogP contribution < -0.4 is 16.0 Å². The van der Waals surface area contributed by atoms with Gasteiger partial charge in [0, 0.05) is 5.02 Å². The van der Waals surface area contributed by atoms with E-state index in [9.17, 15) is 19.5 Å². The normalized spacial score (nSPS) is 14.5. The first kappa shape index (κ1) is 25.1. The maximum absolute atomic E-state index is 13.3. The molecule has 0 saturated heterocycles. The maximum Gasteiger partial charge on any atom is 0.326 e. The van der Waals surface area contributed by atoms with Gasteiger partial charge in [0.15, 0.2) is 0 Å². The summed E-state index contributed by atoms with van der Waals surface area (Å²) in [6, 6.07) is 11.8. The molecule has 0 unspecified atom stereocenters. The van der Waals surface area contributed by atoms with Crippen LogP contribution in [0.15, 0.2) is 48.5 Å². The van der Waals surface area contributed by atoms with Crippen molar-refractivity contribution in [1.82, 2.24) is 5.32 Å². The minimum atomic E-state index is -1.08. The number of amides is 3. The smallest absolute Gasteiger partial charge is 0.326 e. The number of hydrogen-bond acceptors (Lipinski definition) is 3. The first-order chi connectivity index (χ1) is 16.7. The standard InChI is InChI=1S/C25H22Cl3N3O4/c26-16-11-18(27)22(19(28)12-16)31-25(35)29-20-10-15-8-4-3-7-14(15)9-17(20)23(32)30-21(24(33)34)13-5-1-2-6-13/h3-4,7-13,21H,1-2,5-6H2,(H,30,32)(H,33,34)(H2,29,31,35)/t21-/m0/s1. The number of fused-ring (bicyclic) bond motifs is 1. The summed E-state index contributed by atoms with van der Waals surface area (Å²) in [4.78, 5) is 38.0. The molecule has 1 atom stereocenters. The summed E-state index contributed by atoms with van der Waals surface area (Å²) < 4.78 is 0. The van der Waals surface area contributed by atoms with Gasteiger partial charge in [-0.3, -0.25) is 4.79 Å². The second-order valence-electron chi connectivity index (χ2n) is 8.40. The molecule has 1 aliphatic carbocycles.